The second-order valence-corrected chi connectivity index (χ2v) is 13.3. The van der Waals surface area contributed by atoms with Gasteiger partial charge in [0.1, 0.15) is 7.85 Å². The lowest BCUT2D eigenvalue weighted by Gasteiger charge is -2.35. The molecule has 8 aromatic rings. The fourth-order valence-corrected chi connectivity index (χ4v) is 8.26. The molecule has 8 aromatic carbocycles. The van der Waals surface area contributed by atoms with Crippen molar-refractivity contribution in [1.82, 2.24) is 0 Å². The summed E-state index contributed by atoms with van der Waals surface area (Å²) in [5.74, 6) is 0. The Bertz CT molecular complexity index is 2470. The van der Waals surface area contributed by atoms with Crippen molar-refractivity contribution >= 4 is 30.4 Å². The average molecular weight is 650 g/mol. The van der Waals surface area contributed by atoms with Crippen molar-refractivity contribution in [1.29, 1.82) is 0 Å². The maximum absolute atomic E-state index is 2.43. The zero-order valence-corrected chi connectivity index (χ0v) is 28.6. The summed E-state index contributed by atoms with van der Waals surface area (Å²) in [6.45, 7) is 0. The van der Waals surface area contributed by atoms with Gasteiger partial charge in [-0.3, -0.25) is 0 Å². The van der Waals surface area contributed by atoms with Crippen LogP contribution in [0.2, 0.25) is 0 Å². The summed E-state index contributed by atoms with van der Waals surface area (Å²) in [4.78, 5) is 2.43. The molecule has 0 aromatic heterocycles. The zero-order valence-electron chi connectivity index (χ0n) is 28.6. The van der Waals surface area contributed by atoms with Crippen LogP contribution >= 0.6 is 0 Å². The second-order valence-electron chi connectivity index (χ2n) is 13.3. The average Bonchev–Trinajstić information content (AvgIpc) is 3.52. The van der Waals surface area contributed by atoms with Crippen LogP contribution in [-0.2, 0) is 5.41 Å². The standard InChI is InChI=1S/C49H36BN/c50-46-28-15-27-45-48(46)43-25-10-12-26-44(43)49(45,38-20-8-3-9-21-38)39-22-14-23-41(34-39)51(40-32-30-36(31-33-40)35-16-4-1-5-17-35)47-29-13-11-24-42(47)37-18-6-2-7-19-37/h1-34H,50H2. The number of rotatable bonds is 7. The minimum Gasteiger partial charge on any atom is -0.310 e. The van der Waals surface area contributed by atoms with Gasteiger partial charge in [-0.05, 0) is 80.4 Å². The lowest BCUT2D eigenvalue weighted by atomic mass is 9.67. The Kier molecular flexibility index (Phi) is 7.71. The van der Waals surface area contributed by atoms with Crippen molar-refractivity contribution < 1.29 is 0 Å². The fourth-order valence-electron chi connectivity index (χ4n) is 8.26. The van der Waals surface area contributed by atoms with Crippen molar-refractivity contribution in [2.45, 2.75) is 5.41 Å². The van der Waals surface area contributed by atoms with Crippen LogP contribution < -0.4 is 10.4 Å². The van der Waals surface area contributed by atoms with Crippen molar-refractivity contribution in [2.24, 2.45) is 0 Å². The van der Waals surface area contributed by atoms with Gasteiger partial charge in [-0.2, -0.15) is 0 Å². The second kappa shape index (κ2) is 12.8. The van der Waals surface area contributed by atoms with E-state index in [0.29, 0.717) is 0 Å². The van der Waals surface area contributed by atoms with Crippen LogP contribution in [0.1, 0.15) is 22.3 Å². The summed E-state index contributed by atoms with van der Waals surface area (Å²) < 4.78 is 0. The minimum absolute atomic E-state index is 0.489. The first kappa shape index (κ1) is 30.7. The van der Waals surface area contributed by atoms with E-state index in [4.69, 9.17) is 0 Å². The van der Waals surface area contributed by atoms with Crippen molar-refractivity contribution in [3.63, 3.8) is 0 Å². The number of anilines is 3. The van der Waals surface area contributed by atoms with E-state index in [1.807, 2.05) is 0 Å². The molecule has 0 fully saturated rings. The molecule has 1 atom stereocenters. The van der Waals surface area contributed by atoms with E-state index in [2.05, 4.69) is 219 Å². The van der Waals surface area contributed by atoms with Gasteiger partial charge in [0.05, 0.1) is 11.1 Å². The molecule has 0 aliphatic heterocycles. The van der Waals surface area contributed by atoms with Crippen LogP contribution in [0.3, 0.4) is 0 Å². The minimum atomic E-state index is -0.489. The smallest absolute Gasteiger partial charge is 0.140 e. The number of para-hydroxylation sites is 1. The Morgan fingerprint density at radius 1 is 0.373 bits per heavy atom. The normalized spacial score (nSPS) is 14.4. The molecule has 0 N–H and O–H groups in total. The highest BCUT2D eigenvalue weighted by molar-refractivity contribution is 6.36. The number of fused-ring (bicyclic) bond motifs is 3. The van der Waals surface area contributed by atoms with Gasteiger partial charge in [0, 0.05) is 16.9 Å². The molecule has 0 heterocycles. The molecular formula is C49H36BN. The molecule has 1 unspecified atom stereocenters. The molecule has 1 aliphatic carbocycles. The zero-order chi connectivity index (χ0) is 34.2. The Morgan fingerprint density at radius 3 is 1.67 bits per heavy atom. The van der Waals surface area contributed by atoms with E-state index in [1.54, 1.807) is 0 Å². The number of benzene rings is 8. The van der Waals surface area contributed by atoms with Crippen molar-refractivity contribution in [2.75, 3.05) is 4.90 Å². The monoisotopic (exact) mass is 649 g/mol. The van der Waals surface area contributed by atoms with Gasteiger partial charge in [-0.15, -0.1) is 0 Å². The van der Waals surface area contributed by atoms with E-state index < -0.39 is 5.41 Å². The summed E-state index contributed by atoms with van der Waals surface area (Å²) in [6, 6.07) is 75.2. The van der Waals surface area contributed by atoms with E-state index in [-0.39, 0.29) is 0 Å². The van der Waals surface area contributed by atoms with Gasteiger partial charge in [-0.1, -0.05) is 181 Å². The lowest BCUT2D eigenvalue weighted by molar-refractivity contribution is 0.769. The van der Waals surface area contributed by atoms with Crippen LogP contribution in [0.5, 0.6) is 0 Å². The van der Waals surface area contributed by atoms with Gasteiger partial charge in [-0.25, -0.2) is 0 Å². The highest BCUT2D eigenvalue weighted by Gasteiger charge is 2.46. The Hall–Kier alpha value is -6.38. The van der Waals surface area contributed by atoms with Gasteiger partial charge < -0.3 is 4.90 Å². The molecule has 0 saturated heterocycles. The lowest BCUT2D eigenvalue weighted by Crippen LogP contribution is -2.29. The third-order valence-electron chi connectivity index (χ3n) is 10.5. The summed E-state index contributed by atoms with van der Waals surface area (Å²) in [7, 11) is 2.24. The maximum atomic E-state index is 2.43. The SMILES string of the molecule is Bc1cccc2c1-c1ccccc1C2(c1ccccc1)c1cccc(N(c2ccc(-c3ccccc3)cc2)c2ccccc2-c2ccccc2)c1. The van der Waals surface area contributed by atoms with Gasteiger partial charge in [0.2, 0.25) is 0 Å². The Balaban J connectivity index is 1.30. The predicted molar refractivity (Wildman–Crippen MR) is 217 cm³/mol. The van der Waals surface area contributed by atoms with E-state index in [9.17, 15) is 0 Å². The molecule has 240 valence electrons. The van der Waals surface area contributed by atoms with Gasteiger partial charge in [0.25, 0.3) is 0 Å². The summed E-state index contributed by atoms with van der Waals surface area (Å²) in [5, 5.41) is 0. The Morgan fingerprint density at radius 2 is 0.922 bits per heavy atom. The van der Waals surface area contributed by atoms with Gasteiger partial charge >= 0.3 is 0 Å². The van der Waals surface area contributed by atoms with Crippen LogP contribution in [-0.4, -0.2) is 7.85 Å². The van der Waals surface area contributed by atoms with Crippen LogP contribution in [0.25, 0.3) is 33.4 Å². The van der Waals surface area contributed by atoms with Crippen LogP contribution in [0, 0.1) is 0 Å². The highest BCUT2D eigenvalue weighted by Crippen LogP contribution is 2.56. The highest BCUT2D eigenvalue weighted by atomic mass is 15.1. The number of hydrogen-bond acceptors (Lipinski definition) is 1. The molecule has 1 aliphatic rings. The molecule has 0 amide bonds. The number of hydrogen-bond donors (Lipinski definition) is 0. The third-order valence-corrected chi connectivity index (χ3v) is 10.5. The predicted octanol–water partition coefficient (Wildman–Crippen LogP) is 11.1. The van der Waals surface area contributed by atoms with Crippen molar-refractivity contribution in [3.8, 4) is 33.4 Å². The first-order valence-electron chi connectivity index (χ1n) is 17.7. The summed E-state index contributed by atoms with van der Waals surface area (Å²) in [6.07, 6.45) is 0. The van der Waals surface area contributed by atoms with E-state index in [1.165, 1.54) is 61.1 Å². The molecule has 51 heavy (non-hydrogen) atoms. The summed E-state index contributed by atoms with van der Waals surface area (Å²) >= 11 is 0. The van der Waals surface area contributed by atoms with Crippen LogP contribution in [0.4, 0.5) is 17.1 Å². The van der Waals surface area contributed by atoms with Crippen LogP contribution in [0.15, 0.2) is 206 Å². The number of nitrogens with zero attached hydrogens (tertiary/aromatic N) is 1. The van der Waals surface area contributed by atoms with E-state index >= 15 is 0 Å². The molecule has 1 nitrogen and oxygen atoms in total. The van der Waals surface area contributed by atoms with Crippen molar-refractivity contribution in [3.05, 3.63) is 229 Å². The largest absolute Gasteiger partial charge is 0.310 e. The maximum Gasteiger partial charge on any atom is 0.140 e. The first-order valence-corrected chi connectivity index (χ1v) is 17.7. The Labute approximate surface area is 301 Å². The molecule has 0 bridgehead atoms. The molecule has 9 rings (SSSR count). The topological polar surface area (TPSA) is 3.24 Å². The molecule has 0 saturated carbocycles. The molecular weight excluding hydrogens is 613 g/mol. The third kappa shape index (κ3) is 5.11. The first-order chi connectivity index (χ1) is 25.2. The van der Waals surface area contributed by atoms with E-state index in [0.717, 1.165) is 17.1 Å². The summed E-state index contributed by atoms with van der Waals surface area (Å²) in [5.41, 5.74) is 16.7. The molecule has 0 spiro atoms. The quantitative estimate of drug-likeness (QED) is 0.155. The van der Waals surface area contributed by atoms with Gasteiger partial charge in [0.15, 0.2) is 0 Å². The molecule has 2 heteroatoms. The molecule has 0 radical (unpaired) electrons. The fraction of sp³-hybridized carbons (Fsp3) is 0.0204.